The van der Waals surface area contributed by atoms with Crippen molar-refractivity contribution in [2.24, 2.45) is 5.92 Å². The van der Waals surface area contributed by atoms with Gasteiger partial charge in [-0.3, -0.25) is 4.98 Å². The maximum absolute atomic E-state index is 4.48. The average Bonchev–Trinajstić information content (AvgIpc) is 2.25. The molecule has 0 aliphatic heterocycles. The first-order chi connectivity index (χ1) is 7.54. The topological polar surface area (TPSA) is 28.2 Å². The van der Waals surface area contributed by atoms with Crippen molar-refractivity contribution < 1.29 is 0 Å². The molecule has 1 heterocycles. The van der Waals surface area contributed by atoms with Gasteiger partial charge in [-0.1, -0.05) is 13.8 Å². The molecular weight excluding hydrogens is 198 g/mol. The van der Waals surface area contributed by atoms with Gasteiger partial charge in [0.05, 0.1) is 11.7 Å². The van der Waals surface area contributed by atoms with Gasteiger partial charge in [0.15, 0.2) is 0 Å². The van der Waals surface area contributed by atoms with Gasteiger partial charge in [0.1, 0.15) is 0 Å². The normalized spacial score (nSPS) is 13.2. The Hall–Kier alpha value is -1.09. The van der Waals surface area contributed by atoms with E-state index >= 15 is 0 Å². The van der Waals surface area contributed by atoms with Gasteiger partial charge in [-0.25, -0.2) is 0 Å². The van der Waals surface area contributed by atoms with Gasteiger partial charge in [0.25, 0.3) is 0 Å². The maximum Gasteiger partial charge on any atom is 0.0595 e. The summed E-state index contributed by atoms with van der Waals surface area (Å²) in [5, 5.41) is 3.16. The van der Waals surface area contributed by atoms with Crippen LogP contribution < -0.4 is 5.32 Å². The molecule has 0 spiro atoms. The van der Waals surface area contributed by atoms with Crippen LogP contribution in [0.25, 0.3) is 0 Å². The van der Waals surface area contributed by atoms with Crippen LogP contribution in [0, 0.1) is 5.92 Å². The van der Waals surface area contributed by atoms with Crippen molar-refractivity contribution in [3.05, 3.63) is 24.0 Å². The molecule has 0 saturated heterocycles. The molecule has 0 aliphatic rings. The van der Waals surface area contributed by atoms with E-state index in [2.05, 4.69) is 49.2 Å². The molecule has 3 nitrogen and oxygen atoms in total. The second kappa shape index (κ2) is 5.85. The van der Waals surface area contributed by atoms with Crippen LogP contribution in [-0.4, -0.2) is 31.0 Å². The fourth-order valence-electron chi connectivity index (χ4n) is 1.83. The number of hydrogen-bond acceptors (Lipinski definition) is 3. The molecule has 0 aromatic carbocycles. The monoisotopic (exact) mass is 221 g/mol. The number of hydrogen-bond donors (Lipinski definition) is 1. The molecule has 0 amide bonds. The Morgan fingerprint density at radius 3 is 2.56 bits per heavy atom. The van der Waals surface area contributed by atoms with Crippen LogP contribution in [0.1, 0.15) is 32.0 Å². The standard InChI is InChI=1S/C13H23N3/c1-10(2)8-13(16(4)5)12-9-11(14-3)6-7-15-12/h6-7,9-10,13H,8H2,1-5H3,(H,14,15). The highest BCUT2D eigenvalue weighted by Gasteiger charge is 2.17. The molecule has 0 fully saturated rings. The fraction of sp³-hybridized carbons (Fsp3) is 0.615. The fourth-order valence-corrected chi connectivity index (χ4v) is 1.83. The average molecular weight is 221 g/mol. The Morgan fingerprint density at radius 2 is 2.06 bits per heavy atom. The highest BCUT2D eigenvalue weighted by atomic mass is 15.1. The summed E-state index contributed by atoms with van der Waals surface area (Å²) in [5.41, 5.74) is 2.27. The van der Waals surface area contributed by atoms with Gasteiger partial charge in [-0.2, -0.15) is 0 Å². The lowest BCUT2D eigenvalue weighted by Crippen LogP contribution is -2.22. The lowest BCUT2D eigenvalue weighted by molar-refractivity contribution is 0.254. The number of nitrogens with one attached hydrogen (secondary N) is 1. The highest BCUT2D eigenvalue weighted by molar-refractivity contribution is 5.42. The van der Waals surface area contributed by atoms with Crippen LogP contribution in [0.15, 0.2) is 18.3 Å². The molecule has 3 heteroatoms. The molecule has 1 unspecified atom stereocenters. The Morgan fingerprint density at radius 1 is 1.38 bits per heavy atom. The SMILES string of the molecule is CNc1ccnc(C(CC(C)C)N(C)C)c1. The minimum Gasteiger partial charge on any atom is -0.388 e. The number of aromatic nitrogens is 1. The molecule has 0 saturated carbocycles. The third-order valence-electron chi connectivity index (χ3n) is 2.73. The zero-order chi connectivity index (χ0) is 12.1. The van der Waals surface area contributed by atoms with Crippen molar-refractivity contribution in [2.75, 3.05) is 26.5 Å². The predicted molar refractivity (Wildman–Crippen MR) is 69.7 cm³/mol. The zero-order valence-corrected chi connectivity index (χ0v) is 11.0. The lowest BCUT2D eigenvalue weighted by Gasteiger charge is -2.25. The largest absolute Gasteiger partial charge is 0.388 e. The van der Waals surface area contributed by atoms with Gasteiger partial charge in [0, 0.05) is 18.9 Å². The van der Waals surface area contributed by atoms with Crippen LogP contribution in [0.5, 0.6) is 0 Å². The van der Waals surface area contributed by atoms with E-state index in [4.69, 9.17) is 0 Å². The molecule has 90 valence electrons. The van der Waals surface area contributed by atoms with E-state index in [1.807, 2.05) is 19.3 Å². The summed E-state index contributed by atoms with van der Waals surface area (Å²) in [7, 11) is 6.16. The van der Waals surface area contributed by atoms with Gasteiger partial charge in [-0.05, 0) is 38.6 Å². The van der Waals surface area contributed by atoms with Crippen molar-refractivity contribution >= 4 is 5.69 Å². The van der Waals surface area contributed by atoms with Crippen LogP contribution >= 0.6 is 0 Å². The first-order valence-electron chi connectivity index (χ1n) is 5.84. The summed E-state index contributed by atoms with van der Waals surface area (Å²) < 4.78 is 0. The molecular formula is C13H23N3. The summed E-state index contributed by atoms with van der Waals surface area (Å²) in [6, 6.07) is 4.52. The quantitative estimate of drug-likeness (QED) is 0.828. The third-order valence-corrected chi connectivity index (χ3v) is 2.73. The van der Waals surface area contributed by atoms with E-state index in [1.54, 1.807) is 0 Å². The van der Waals surface area contributed by atoms with Gasteiger partial charge in [0.2, 0.25) is 0 Å². The van der Waals surface area contributed by atoms with Crippen molar-refractivity contribution in [1.82, 2.24) is 9.88 Å². The molecule has 16 heavy (non-hydrogen) atoms. The van der Waals surface area contributed by atoms with E-state index in [1.165, 1.54) is 0 Å². The van der Waals surface area contributed by atoms with Crippen LogP contribution in [0.4, 0.5) is 5.69 Å². The second-order valence-corrected chi connectivity index (χ2v) is 4.83. The Balaban J connectivity index is 2.91. The molecule has 1 rings (SSSR count). The molecule has 0 bridgehead atoms. The Kier molecular flexibility index (Phi) is 4.74. The van der Waals surface area contributed by atoms with Crippen molar-refractivity contribution in [3.63, 3.8) is 0 Å². The lowest BCUT2D eigenvalue weighted by atomic mass is 9.99. The van der Waals surface area contributed by atoms with Gasteiger partial charge in [-0.15, -0.1) is 0 Å². The molecule has 1 atom stereocenters. The Labute approximate surface area is 98.9 Å². The van der Waals surface area contributed by atoms with Crippen LogP contribution in [0.2, 0.25) is 0 Å². The van der Waals surface area contributed by atoms with Crippen molar-refractivity contribution in [2.45, 2.75) is 26.3 Å². The minimum absolute atomic E-state index is 0.397. The minimum atomic E-state index is 0.397. The molecule has 1 N–H and O–H groups in total. The summed E-state index contributed by atoms with van der Waals surface area (Å²) in [5.74, 6) is 0.674. The summed E-state index contributed by atoms with van der Waals surface area (Å²) in [6.07, 6.45) is 3.01. The Bertz CT molecular complexity index is 321. The molecule has 1 aromatic heterocycles. The van der Waals surface area contributed by atoms with Gasteiger partial charge < -0.3 is 10.2 Å². The maximum atomic E-state index is 4.48. The number of anilines is 1. The van der Waals surface area contributed by atoms with Crippen LogP contribution in [-0.2, 0) is 0 Å². The first-order valence-corrected chi connectivity index (χ1v) is 5.84. The number of rotatable bonds is 5. The van der Waals surface area contributed by atoms with Crippen LogP contribution in [0.3, 0.4) is 0 Å². The zero-order valence-electron chi connectivity index (χ0n) is 11.0. The first kappa shape index (κ1) is 13.0. The van der Waals surface area contributed by atoms with E-state index < -0.39 is 0 Å². The highest BCUT2D eigenvalue weighted by Crippen LogP contribution is 2.25. The smallest absolute Gasteiger partial charge is 0.0595 e. The second-order valence-electron chi connectivity index (χ2n) is 4.83. The number of pyridine rings is 1. The summed E-state index contributed by atoms with van der Waals surface area (Å²) in [4.78, 5) is 6.72. The van der Waals surface area contributed by atoms with Crippen molar-refractivity contribution in [1.29, 1.82) is 0 Å². The van der Waals surface area contributed by atoms with E-state index in [-0.39, 0.29) is 0 Å². The van der Waals surface area contributed by atoms with E-state index in [0.717, 1.165) is 17.8 Å². The van der Waals surface area contributed by atoms with Gasteiger partial charge >= 0.3 is 0 Å². The van der Waals surface area contributed by atoms with Crippen molar-refractivity contribution in [3.8, 4) is 0 Å². The summed E-state index contributed by atoms with van der Waals surface area (Å²) in [6.45, 7) is 4.50. The third kappa shape index (κ3) is 3.49. The predicted octanol–water partition coefficient (Wildman–Crippen LogP) is 2.77. The molecule has 0 radical (unpaired) electrons. The summed E-state index contributed by atoms with van der Waals surface area (Å²) >= 11 is 0. The van der Waals surface area contributed by atoms with E-state index in [9.17, 15) is 0 Å². The number of nitrogens with zero attached hydrogens (tertiary/aromatic N) is 2. The molecule has 0 aliphatic carbocycles. The van der Waals surface area contributed by atoms with E-state index in [0.29, 0.717) is 12.0 Å². The molecule has 1 aromatic rings.